The smallest absolute Gasteiger partial charge is 0.490 e. The van der Waals surface area contributed by atoms with Gasteiger partial charge in [0.05, 0.1) is 0 Å². The summed E-state index contributed by atoms with van der Waals surface area (Å²) in [6.07, 6.45) is 0. The van der Waals surface area contributed by atoms with E-state index in [1.165, 1.54) is 0 Å². The van der Waals surface area contributed by atoms with Gasteiger partial charge in [0.2, 0.25) is 0 Å². The summed E-state index contributed by atoms with van der Waals surface area (Å²) in [4.78, 5) is 0. The standard InChI is InChI=1S/C18H12BCl3O3/c20-13-4-1-7-16(10-13)23-19(24-17-8-2-5-14(21)11-17)25-18-9-3-6-15(22)12-18/h1-12H. The summed E-state index contributed by atoms with van der Waals surface area (Å²) in [6.45, 7) is 0. The zero-order valence-electron chi connectivity index (χ0n) is 12.9. The highest BCUT2D eigenvalue weighted by Gasteiger charge is 2.30. The Morgan fingerprint density at radius 2 is 0.840 bits per heavy atom. The maximum Gasteiger partial charge on any atom is 0.864 e. The molecular formula is C18H12BCl3O3. The van der Waals surface area contributed by atoms with Crippen molar-refractivity contribution in [3.05, 3.63) is 87.9 Å². The van der Waals surface area contributed by atoms with E-state index in [-0.39, 0.29) is 0 Å². The lowest BCUT2D eigenvalue weighted by atomic mass is 10.2. The zero-order chi connectivity index (χ0) is 17.6. The predicted molar refractivity (Wildman–Crippen MR) is 102 cm³/mol. The van der Waals surface area contributed by atoms with Crippen molar-refractivity contribution in [1.29, 1.82) is 0 Å². The van der Waals surface area contributed by atoms with E-state index >= 15 is 0 Å². The number of rotatable bonds is 6. The second-order valence-electron chi connectivity index (χ2n) is 5.01. The van der Waals surface area contributed by atoms with Crippen molar-refractivity contribution >= 4 is 42.1 Å². The molecule has 25 heavy (non-hydrogen) atoms. The van der Waals surface area contributed by atoms with Crippen molar-refractivity contribution in [1.82, 2.24) is 0 Å². The van der Waals surface area contributed by atoms with E-state index in [4.69, 9.17) is 48.8 Å². The van der Waals surface area contributed by atoms with Gasteiger partial charge in [-0.1, -0.05) is 53.0 Å². The van der Waals surface area contributed by atoms with Gasteiger partial charge in [0.25, 0.3) is 0 Å². The van der Waals surface area contributed by atoms with Crippen LogP contribution in [0, 0.1) is 0 Å². The quantitative estimate of drug-likeness (QED) is 0.469. The van der Waals surface area contributed by atoms with E-state index in [1.807, 2.05) is 0 Å². The molecule has 0 bridgehead atoms. The van der Waals surface area contributed by atoms with E-state index in [2.05, 4.69) is 0 Å². The minimum absolute atomic E-state index is 0.501. The Kier molecular flexibility index (Phi) is 5.98. The van der Waals surface area contributed by atoms with Gasteiger partial charge in [-0.15, -0.1) is 0 Å². The van der Waals surface area contributed by atoms with Gasteiger partial charge in [0.1, 0.15) is 17.2 Å². The molecule has 0 atom stereocenters. The molecule has 0 radical (unpaired) electrons. The molecule has 0 unspecified atom stereocenters. The second-order valence-corrected chi connectivity index (χ2v) is 6.32. The molecule has 0 amide bonds. The first-order valence-electron chi connectivity index (χ1n) is 7.35. The molecule has 0 saturated heterocycles. The lowest BCUT2D eigenvalue weighted by molar-refractivity contribution is 0.307. The summed E-state index contributed by atoms with van der Waals surface area (Å²) >= 11 is 18.0. The molecule has 0 saturated carbocycles. The van der Waals surface area contributed by atoms with Crippen molar-refractivity contribution in [3.8, 4) is 17.2 Å². The van der Waals surface area contributed by atoms with Crippen molar-refractivity contribution < 1.29 is 14.0 Å². The van der Waals surface area contributed by atoms with Crippen LogP contribution >= 0.6 is 34.8 Å². The molecule has 126 valence electrons. The molecule has 0 aliphatic heterocycles. The molecular weight excluding hydrogens is 381 g/mol. The van der Waals surface area contributed by atoms with Crippen LogP contribution in [-0.2, 0) is 0 Å². The minimum atomic E-state index is -1.06. The Labute approximate surface area is 161 Å². The fourth-order valence-electron chi connectivity index (χ4n) is 2.03. The average Bonchev–Trinajstić information content (AvgIpc) is 2.55. The van der Waals surface area contributed by atoms with Crippen LogP contribution in [0.15, 0.2) is 72.8 Å². The Morgan fingerprint density at radius 3 is 1.12 bits per heavy atom. The SMILES string of the molecule is Clc1cccc(OB(Oc2cccc(Cl)c2)Oc2cccc(Cl)c2)c1. The summed E-state index contributed by atoms with van der Waals surface area (Å²) < 4.78 is 17.3. The topological polar surface area (TPSA) is 27.7 Å². The van der Waals surface area contributed by atoms with Gasteiger partial charge < -0.3 is 14.0 Å². The molecule has 0 fully saturated rings. The fourth-order valence-corrected chi connectivity index (χ4v) is 2.57. The summed E-state index contributed by atoms with van der Waals surface area (Å²) in [5.74, 6) is 1.50. The highest BCUT2D eigenvalue weighted by molar-refractivity contribution is 6.40. The third-order valence-corrected chi connectivity index (χ3v) is 3.79. The zero-order valence-corrected chi connectivity index (χ0v) is 15.1. The van der Waals surface area contributed by atoms with E-state index in [1.54, 1.807) is 72.8 Å². The summed E-state index contributed by atoms with van der Waals surface area (Å²) in [5, 5.41) is 1.63. The van der Waals surface area contributed by atoms with Crippen molar-refractivity contribution in [2.45, 2.75) is 0 Å². The van der Waals surface area contributed by atoms with Crippen molar-refractivity contribution in [2.75, 3.05) is 0 Å². The number of benzene rings is 3. The van der Waals surface area contributed by atoms with E-state index in [0.29, 0.717) is 32.3 Å². The number of halogens is 3. The second kappa shape index (κ2) is 8.39. The van der Waals surface area contributed by atoms with Crippen LogP contribution in [0.1, 0.15) is 0 Å². The molecule has 3 aromatic carbocycles. The molecule has 0 aliphatic carbocycles. The van der Waals surface area contributed by atoms with Crippen LogP contribution in [0.2, 0.25) is 15.1 Å². The van der Waals surface area contributed by atoms with Gasteiger partial charge >= 0.3 is 7.32 Å². The fraction of sp³-hybridized carbons (Fsp3) is 0. The van der Waals surface area contributed by atoms with Gasteiger partial charge in [-0.05, 0) is 54.6 Å². The van der Waals surface area contributed by atoms with Crippen LogP contribution < -0.4 is 14.0 Å². The molecule has 7 heteroatoms. The summed E-state index contributed by atoms with van der Waals surface area (Å²) in [6, 6.07) is 20.8. The van der Waals surface area contributed by atoms with Crippen LogP contribution in [0.5, 0.6) is 17.2 Å². The lowest BCUT2D eigenvalue weighted by Crippen LogP contribution is -2.36. The van der Waals surface area contributed by atoms with Gasteiger partial charge in [-0.2, -0.15) is 0 Å². The number of hydrogen-bond acceptors (Lipinski definition) is 3. The number of hydrogen-bond donors (Lipinski definition) is 0. The van der Waals surface area contributed by atoms with E-state index < -0.39 is 7.32 Å². The molecule has 3 nitrogen and oxygen atoms in total. The highest BCUT2D eigenvalue weighted by atomic mass is 35.5. The van der Waals surface area contributed by atoms with Crippen LogP contribution in [0.25, 0.3) is 0 Å². The normalized spacial score (nSPS) is 10.2. The van der Waals surface area contributed by atoms with Crippen LogP contribution in [0.4, 0.5) is 0 Å². The van der Waals surface area contributed by atoms with E-state index in [0.717, 1.165) is 0 Å². The molecule has 3 aromatic rings. The highest BCUT2D eigenvalue weighted by Crippen LogP contribution is 2.23. The molecule has 0 spiro atoms. The van der Waals surface area contributed by atoms with E-state index in [9.17, 15) is 0 Å². The first kappa shape index (κ1) is 17.8. The molecule has 0 N–H and O–H groups in total. The monoisotopic (exact) mass is 392 g/mol. The predicted octanol–water partition coefficient (Wildman–Crippen LogP) is 6.17. The maximum atomic E-state index is 5.99. The Morgan fingerprint density at radius 1 is 0.520 bits per heavy atom. The first-order chi connectivity index (χ1) is 12.1. The van der Waals surface area contributed by atoms with Gasteiger partial charge in [-0.3, -0.25) is 0 Å². The third-order valence-electron chi connectivity index (χ3n) is 3.09. The molecule has 0 aromatic heterocycles. The van der Waals surface area contributed by atoms with Crippen molar-refractivity contribution in [3.63, 3.8) is 0 Å². The van der Waals surface area contributed by atoms with Gasteiger partial charge in [-0.25, -0.2) is 0 Å². The van der Waals surface area contributed by atoms with Crippen molar-refractivity contribution in [2.24, 2.45) is 0 Å². The maximum absolute atomic E-state index is 5.99. The van der Waals surface area contributed by atoms with Gasteiger partial charge in [0, 0.05) is 15.1 Å². The molecule has 0 aliphatic rings. The Hall–Kier alpha value is -2.01. The lowest BCUT2D eigenvalue weighted by Gasteiger charge is -2.17. The summed E-state index contributed by atoms with van der Waals surface area (Å²) in [7, 11) is -1.06. The van der Waals surface area contributed by atoms with Crippen LogP contribution in [-0.4, -0.2) is 7.32 Å². The average molecular weight is 393 g/mol. The Bertz CT molecular complexity index is 747. The molecule has 0 heterocycles. The minimum Gasteiger partial charge on any atom is -0.490 e. The Balaban J connectivity index is 1.82. The third kappa shape index (κ3) is 5.50. The summed E-state index contributed by atoms with van der Waals surface area (Å²) in [5.41, 5.74) is 0. The van der Waals surface area contributed by atoms with Gasteiger partial charge in [0.15, 0.2) is 0 Å². The molecule has 3 rings (SSSR count). The largest absolute Gasteiger partial charge is 0.864 e. The van der Waals surface area contributed by atoms with Crippen LogP contribution in [0.3, 0.4) is 0 Å². The first-order valence-corrected chi connectivity index (χ1v) is 8.48.